The Labute approximate surface area is 163 Å². The molecule has 27 heavy (non-hydrogen) atoms. The van der Waals surface area contributed by atoms with Gasteiger partial charge in [0, 0.05) is 25.7 Å². The zero-order chi connectivity index (χ0) is 19.8. The summed E-state index contributed by atoms with van der Waals surface area (Å²) in [6, 6.07) is 7.97. The minimum atomic E-state index is -0.423. The van der Waals surface area contributed by atoms with Gasteiger partial charge in [-0.1, -0.05) is 56.8 Å². The molecule has 1 aliphatic rings. The largest absolute Gasteiger partial charge is 0.336 e. The first kappa shape index (κ1) is 19.4. The van der Waals surface area contributed by atoms with Gasteiger partial charge in [0.25, 0.3) is 0 Å². The number of rotatable bonds is 4. The molecule has 1 aliphatic heterocycles. The maximum Gasteiger partial charge on any atom is 0.324 e. The molecule has 0 saturated carbocycles. The summed E-state index contributed by atoms with van der Waals surface area (Å²) in [6.07, 6.45) is 0. The smallest absolute Gasteiger partial charge is 0.324 e. The normalized spacial score (nSPS) is 15.7. The van der Waals surface area contributed by atoms with E-state index in [0.717, 1.165) is 11.4 Å². The summed E-state index contributed by atoms with van der Waals surface area (Å²) in [5, 5.41) is 11.4. The first-order chi connectivity index (χ1) is 12.7. The first-order valence-corrected chi connectivity index (χ1v) is 9.82. The minimum Gasteiger partial charge on any atom is -0.336 e. The molecule has 3 amide bonds. The monoisotopic (exact) mass is 387 g/mol. The van der Waals surface area contributed by atoms with Crippen LogP contribution in [0.3, 0.4) is 0 Å². The number of benzene rings is 1. The Morgan fingerprint density at radius 2 is 1.89 bits per heavy atom. The molecule has 1 saturated heterocycles. The first-order valence-electron chi connectivity index (χ1n) is 8.94. The summed E-state index contributed by atoms with van der Waals surface area (Å²) >= 11 is 1.31. The van der Waals surface area contributed by atoms with E-state index in [1.54, 1.807) is 6.92 Å². The van der Waals surface area contributed by atoms with E-state index in [9.17, 15) is 9.59 Å². The Kier molecular flexibility index (Phi) is 5.28. The zero-order valence-corrected chi connectivity index (χ0v) is 17.1. The standard InChI is InChI=1S/C19H25N5O2S/c1-12(16(25)24-11-10-20-17(24)26)27-18-22-21-15(23(18)5)13-6-8-14(9-7-13)19(2,3)4/h6-9,12H,10-11H2,1-5H3,(H,20,26)/t12-/m1/s1. The third-order valence-corrected chi connectivity index (χ3v) is 5.72. The van der Waals surface area contributed by atoms with E-state index in [1.807, 2.05) is 23.7 Å². The van der Waals surface area contributed by atoms with Crippen molar-refractivity contribution in [1.29, 1.82) is 0 Å². The Morgan fingerprint density at radius 3 is 2.44 bits per heavy atom. The molecule has 7 nitrogen and oxygen atoms in total. The fourth-order valence-electron chi connectivity index (χ4n) is 2.90. The molecule has 1 fully saturated rings. The number of hydrogen-bond donors (Lipinski definition) is 1. The second kappa shape index (κ2) is 7.34. The summed E-state index contributed by atoms with van der Waals surface area (Å²) in [5.74, 6) is 0.533. The maximum absolute atomic E-state index is 12.5. The Morgan fingerprint density at radius 1 is 1.22 bits per heavy atom. The number of carbonyl (C=O) groups is 2. The van der Waals surface area contributed by atoms with Gasteiger partial charge in [-0.25, -0.2) is 4.79 Å². The lowest BCUT2D eigenvalue weighted by atomic mass is 9.87. The average molecular weight is 388 g/mol. The topological polar surface area (TPSA) is 80.1 Å². The van der Waals surface area contributed by atoms with Crippen molar-refractivity contribution >= 4 is 23.7 Å². The highest BCUT2D eigenvalue weighted by Gasteiger charge is 2.31. The molecule has 0 spiro atoms. The van der Waals surface area contributed by atoms with Crippen LogP contribution in [0.5, 0.6) is 0 Å². The van der Waals surface area contributed by atoms with Gasteiger partial charge in [0.15, 0.2) is 11.0 Å². The van der Waals surface area contributed by atoms with E-state index >= 15 is 0 Å². The van der Waals surface area contributed by atoms with Crippen molar-refractivity contribution in [2.45, 2.75) is 43.5 Å². The minimum absolute atomic E-state index is 0.0943. The number of imide groups is 1. The van der Waals surface area contributed by atoms with Crippen molar-refractivity contribution in [2.24, 2.45) is 7.05 Å². The molecular weight excluding hydrogens is 362 g/mol. The highest BCUT2D eigenvalue weighted by Crippen LogP contribution is 2.28. The molecule has 0 unspecified atom stereocenters. The lowest BCUT2D eigenvalue weighted by molar-refractivity contribution is -0.126. The SMILES string of the molecule is C[C@@H](Sc1nnc(-c2ccc(C(C)(C)C)cc2)n1C)C(=O)N1CCNC1=O. The third-order valence-electron chi connectivity index (χ3n) is 4.60. The van der Waals surface area contributed by atoms with E-state index in [4.69, 9.17) is 0 Å². The summed E-state index contributed by atoms with van der Waals surface area (Å²) in [5.41, 5.74) is 2.32. The van der Waals surface area contributed by atoms with E-state index in [1.165, 1.54) is 22.2 Å². The van der Waals surface area contributed by atoms with Gasteiger partial charge in [-0.3, -0.25) is 9.69 Å². The number of aromatic nitrogens is 3. The molecule has 1 aromatic heterocycles. The second-order valence-corrected chi connectivity index (χ2v) is 8.98. The number of urea groups is 1. The number of nitrogens with zero attached hydrogens (tertiary/aromatic N) is 4. The summed E-state index contributed by atoms with van der Waals surface area (Å²) in [7, 11) is 1.88. The highest BCUT2D eigenvalue weighted by molar-refractivity contribution is 8.00. The molecule has 1 N–H and O–H groups in total. The van der Waals surface area contributed by atoms with Crippen molar-refractivity contribution < 1.29 is 9.59 Å². The number of carbonyl (C=O) groups excluding carboxylic acids is 2. The van der Waals surface area contributed by atoms with Crippen LogP contribution in [-0.4, -0.2) is 49.9 Å². The summed E-state index contributed by atoms with van der Waals surface area (Å²) in [6.45, 7) is 9.23. The van der Waals surface area contributed by atoms with Gasteiger partial charge in [0.05, 0.1) is 5.25 Å². The number of hydrogen-bond acceptors (Lipinski definition) is 5. The fourth-order valence-corrected chi connectivity index (χ4v) is 3.77. The van der Waals surface area contributed by atoms with Crippen molar-refractivity contribution in [3.63, 3.8) is 0 Å². The molecule has 3 rings (SSSR count). The number of amides is 3. The van der Waals surface area contributed by atoms with Crippen molar-refractivity contribution in [1.82, 2.24) is 25.0 Å². The Hall–Kier alpha value is -2.35. The van der Waals surface area contributed by atoms with Gasteiger partial charge in [-0.05, 0) is 17.9 Å². The number of nitrogens with one attached hydrogen (secondary N) is 1. The summed E-state index contributed by atoms with van der Waals surface area (Å²) < 4.78 is 1.88. The van der Waals surface area contributed by atoms with E-state index in [-0.39, 0.29) is 17.4 Å². The lowest BCUT2D eigenvalue weighted by Crippen LogP contribution is -2.39. The van der Waals surface area contributed by atoms with Crippen LogP contribution in [0.25, 0.3) is 11.4 Å². The van der Waals surface area contributed by atoms with E-state index < -0.39 is 5.25 Å². The highest BCUT2D eigenvalue weighted by atomic mass is 32.2. The molecule has 1 atom stereocenters. The van der Waals surface area contributed by atoms with Crippen LogP contribution in [-0.2, 0) is 17.3 Å². The molecule has 2 heterocycles. The molecule has 0 bridgehead atoms. The van der Waals surface area contributed by atoms with Gasteiger partial charge in [0.1, 0.15) is 0 Å². The predicted octanol–water partition coefficient (Wildman–Crippen LogP) is 2.81. The quantitative estimate of drug-likeness (QED) is 0.816. The van der Waals surface area contributed by atoms with Crippen LogP contribution in [0.15, 0.2) is 29.4 Å². The Bertz CT molecular complexity index is 854. The molecular formula is C19H25N5O2S. The van der Waals surface area contributed by atoms with Crippen LogP contribution in [0.2, 0.25) is 0 Å². The second-order valence-electron chi connectivity index (χ2n) is 7.67. The van der Waals surface area contributed by atoms with Crippen molar-refractivity contribution in [3.05, 3.63) is 29.8 Å². The van der Waals surface area contributed by atoms with Gasteiger partial charge < -0.3 is 9.88 Å². The molecule has 0 radical (unpaired) electrons. The van der Waals surface area contributed by atoms with Crippen molar-refractivity contribution in [3.8, 4) is 11.4 Å². The molecule has 2 aromatic rings. The average Bonchev–Trinajstić information content (AvgIpc) is 3.20. The molecule has 1 aromatic carbocycles. The van der Waals surface area contributed by atoms with Crippen LogP contribution < -0.4 is 5.32 Å². The van der Waals surface area contributed by atoms with Crippen LogP contribution >= 0.6 is 11.8 Å². The molecule has 8 heteroatoms. The van der Waals surface area contributed by atoms with Crippen LogP contribution in [0.4, 0.5) is 4.79 Å². The van der Waals surface area contributed by atoms with E-state index in [0.29, 0.717) is 18.2 Å². The van der Waals surface area contributed by atoms with Gasteiger partial charge in [0.2, 0.25) is 5.91 Å². The van der Waals surface area contributed by atoms with E-state index in [2.05, 4.69) is 48.4 Å². The molecule has 0 aliphatic carbocycles. The van der Waals surface area contributed by atoms with Crippen LogP contribution in [0, 0.1) is 0 Å². The van der Waals surface area contributed by atoms with Crippen molar-refractivity contribution in [2.75, 3.05) is 13.1 Å². The maximum atomic E-state index is 12.5. The van der Waals surface area contributed by atoms with Gasteiger partial charge in [-0.15, -0.1) is 10.2 Å². The molecule has 144 valence electrons. The lowest BCUT2D eigenvalue weighted by Gasteiger charge is -2.19. The fraction of sp³-hybridized carbons (Fsp3) is 0.474. The predicted molar refractivity (Wildman–Crippen MR) is 106 cm³/mol. The van der Waals surface area contributed by atoms with Crippen LogP contribution in [0.1, 0.15) is 33.3 Å². The zero-order valence-electron chi connectivity index (χ0n) is 16.3. The van der Waals surface area contributed by atoms with Gasteiger partial charge in [-0.2, -0.15) is 0 Å². The Balaban J connectivity index is 1.75. The summed E-state index contributed by atoms with van der Waals surface area (Å²) in [4.78, 5) is 25.4. The number of thioether (sulfide) groups is 1. The third kappa shape index (κ3) is 4.00. The van der Waals surface area contributed by atoms with Gasteiger partial charge >= 0.3 is 6.03 Å².